The lowest BCUT2D eigenvalue weighted by Crippen LogP contribution is -2.11. The Kier molecular flexibility index (Phi) is 9.94. The van der Waals surface area contributed by atoms with Crippen molar-refractivity contribution < 1.29 is 9.84 Å². The number of ether oxygens (including phenoxy) is 1. The summed E-state index contributed by atoms with van der Waals surface area (Å²) in [5, 5.41) is 8.99. The van der Waals surface area contributed by atoms with Gasteiger partial charge in [-0.3, -0.25) is 0 Å². The second-order valence-electron chi connectivity index (χ2n) is 3.36. The van der Waals surface area contributed by atoms with Crippen LogP contribution < -0.4 is 0 Å². The molecule has 0 aromatic rings. The molecule has 0 rings (SSSR count). The Balaban J connectivity index is 3.25. The summed E-state index contributed by atoms with van der Waals surface area (Å²) in [5.74, 6) is 1.14. The van der Waals surface area contributed by atoms with E-state index in [4.69, 9.17) is 9.84 Å². The molecule has 0 aliphatic heterocycles. The Hall–Kier alpha value is -0.0800. The van der Waals surface area contributed by atoms with Crippen LogP contribution in [0.4, 0.5) is 0 Å². The molecule has 0 unspecified atom stereocenters. The molecule has 0 amide bonds. The molecule has 0 aliphatic rings. The van der Waals surface area contributed by atoms with Gasteiger partial charge in [-0.15, -0.1) is 0 Å². The highest BCUT2D eigenvalue weighted by Gasteiger charge is 2.07. The van der Waals surface area contributed by atoms with Crippen molar-refractivity contribution in [3.05, 3.63) is 5.92 Å². The first-order valence-electron chi connectivity index (χ1n) is 5.37. The normalized spacial score (nSPS) is 11.1. The van der Waals surface area contributed by atoms with Crippen LogP contribution in [-0.2, 0) is 4.74 Å². The Morgan fingerprint density at radius 2 is 1.92 bits per heavy atom. The van der Waals surface area contributed by atoms with E-state index >= 15 is 0 Å². The molecule has 2 heteroatoms. The second kappa shape index (κ2) is 10.0. The van der Waals surface area contributed by atoms with Crippen molar-refractivity contribution in [2.24, 2.45) is 0 Å². The van der Waals surface area contributed by atoms with Crippen LogP contribution in [0.1, 0.15) is 46.0 Å². The molecule has 0 bridgehead atoms. The summed E-state index contributed by atoms with van der Waals surface area (Å²) < 4.78 is 5.25. The summed E-state index contributed by atoms with van der Waals surface area (Å²) in [7, 11) is 0. The van der Waals surface area contributed by atoms with Crippen molar-refractivity contribution in [2.75, 3.05) is 19.8 Å². The smallest absolute Gasteiger partial charge is 0.0551 e. The Morgan fingerprint density at radius 1 is 1.15 bits per heavy atom. The van der Waals surface area contributed by atoms with E-state index in [-0.39, 0.29) is 6.61 Å². The van der Waals surface area contributed by atoms with Crippen molar-refractivity contribution in [2.45, 2.75) is 46.0 Å². The fraction of sp³-hybridized carbons (Fsp3) is 0.909. The maximum absolute atomic E-state index is 8.99. The standard InChI is InChI=1S/C11H23O2/c1-3-5-6-7-8-11(9-12)10-13-4-2/h12H,3-10H2,1-2H3. The molecule has 2 nitrogen and oxygen atoms in total. The van der Waals surface area contributed by atoms with E-state index in [2.05, 4.69) is 6.92 Å². The highest BCUT2D eigenvalue weighted by atomic mass is 16.5. The summed E-state index contributed by atoms with van der Waals surface area (Å²) in [4.78, 5) is 0. The van der Waals surface area contributed by atoms with Gasteiger partial charge in [-0.2, -0.15) is 0 Å². The number of aliphatic hydroxyl groups is 1. The van der Waals surface area contributed by atoms with E-state index in [0.717, 1.165) is 18.9 Å². The first-order valence-corrected chi connectivity index (χ1v) is 5.37. The third-order valence-electron chi connectivity index (χ3n) is 2.12. The van der Waals surface area contributed by atoms with E-state index in [1.54, 1.807) is 0 Å². The molecular weight excluding hydrogens is 164 g/mol. The lowest BCUT2D eigenvalue weighted by molar-refractivity contribution is 0.137. The van der Waals surface area contributed by atoms with Crippen molar-refractivity contribution >= 4 is 0 Å². The fourth-order valence-corrected chi connectivity index (χ4v) is 1.25. The molecule has 0 saturated carbocycles. The predicted molar refractivity (Wildman–Crippen MR) is 55.6 cm³/mol. The van der Waals surface area contributed by atoms with Gasteiger partial charge in [0, 0.05) is 12.5 Å². The van der Waals surface area contributed by atoms with E-state index < -0.39 is 0 Å². The number of unbranched alkanes of at least 4 members (excludes halogenated alkanes) is 3. The van der Waals surface area contributed by atoms with Crippen LogP contribution in [0.25, 0.3) is 0 Å². The molecule has 1 radical (unpaired) electrons. The quantitative estimate of drug-likeness (QED) is 0.562. The van der Waals surface area contributed by atoms with Gasteiger partial charge in [0.2, 0.25) is 0 Å². The average molecular weight is 187 g/mol. The van der Waals surface area contributed by atoms with Gasteiger partial charge in [0.1, 0.15) is 0 Å². The lowest BCUT2D eigenvalue weighted by Gasteiger charge is -2.12. The molecule has 1 N–H and O–H groups in total. The van der Waals surface area contributed by atoms with Crippen molar-refractivity contribution in [3.8, 4) is 0 Å². The van der Waals surface area contributed by atoms with Gasteiger partial charge < -0.3 is 9.84 Å². The maximum Gasteiger partial charge on any atom is 0.0551 e. The number of hydrogen-bond donors (Lipinski definition) is 1. The third-order valence-corrected chi connectivity index (χ3v) is 2.12. The monoisotopic (exact) mass is 187 g/mol. The highest BCUT2D eigenvalue weighted by Crippen LogP contribution is 2.12. The highest BCUT2D eigenvalue weighted by molar-refractivity contribution is 4.88. The summed E-state index contributed by atoms with van der Waals surface area (Å²) in [6.07, 6.45) is 6.05. The zero-order valence-corrected chi connectivity index (χ0v) is 9.01. The van der Waals surface area contributed by atoms with Crippen LogP contribution >= 0.6 is 0 Å². The van der Waals surface area contributed by atoms with Gasteiger partial charge >= 0.3 is 0 Å². The van der Waals surface area contributed by atoms with Crippen LogP contribution in [0.5, 0.6) is 0 Å². The van der Waals surface area contributed by atoms with Crippen molar-refractivity contribution in [1.82, 2.24) is 0 Å². The summed E-state index contributed by atoms with van der Waals surface area (Å²) >= 11 is 0. The largest absolute Gasteiger partial charge is 0.396 e. The average Bonchev–Trinajstić information content (AvgIpc) is 2.17. The third kappa shape index (κ3) is 8.26. The molecule has 0 spiro atoms. The second-order valence-corrected chi connectivity index (χ2v) is 3.36. The van der Waals surface area contributed by atoms with Gasteiger partial charge in [-0.05, 0) is 13.3 Å². The molecule has 0 atom stereocenters. The number of aliphatic hydroxyl groups excluding tert-OH is 1. The van der Waals surface area contributed by atoms with E-state index in [1.807, 2.05) is 6.92 Å². The lowest BCUT2D eigenvalue weighted by atomic mass is 10.0. The van der Waals surface area contributed by atoms with Gasteiger partial charge in [0.05, 0.1) is 13.2 Å². The topological polar surface area (TPSA) is 29.5 Å². The van der Waals surface area contributed by atoms with Crippen LogP contribution in [-0.4, -0.2) is 24.9 Å². The molecule has 0 aliphatic carbocycles. The van der Waals surface area contributed by atoms with Crippen LogP contribution in [0, 0.1) is 5.92 Å². The molecule has 0 aromatic heterocycles. The van der Waals surface area contributed by atoms with Gasteiger partial charge in [-0.1, -0.05) is 32.6 Å². The minimum absolute atomic E-state index is 0.187. The minimum atomic E-state index is 0.187. The Morgan fingerprint density at radius 3 is 2.46 bits per heavy atom. The zero-order chi connectivity index (χ0) is 9.94. The minimum Gasteiger partial charge on any atom is -0.396 e. The SMILES string of the molecule is CCCCCC[C](CO)COCC. The molecule has 0 heterocycles. The van der Waals surface area contributed by atoms with Crippen LogP contribution in [0.15, 0.2) is 0 Å². The first-order chi connectivity index (χ1) is 6.35. The van der Waals surface area contributed by atoms with Crippen LogP contribution in [0.3, 0.4) is 0 Å². The van der Waals surface area contributed by atoms with E-state index in [1.165, 1.54) is 25.7 Å². The molecular formula is C11H23O2. The van der Waals surface area contributed by atoms with Crippen LogP contribution in [0.2, 0.25) is 0 Å². The molecule has 13 heavy (non-hydrogen) atoms. The van der Waals surface area contributed by atoms with Gasteiger partial charge in [0.15, 0.2) is 0 Å². The number of hydrogen-bond acceptors (Lipinski definition) is 2. The van der Waals surface area contributed by atoms with Crippen molar-refractivity contribution in [1.29, 1.82) is 0 Å². The van der Waals surface area contributed by atoms with Gasteiger partial charge in [0.25, 0.3) is 0 Å². The fourth-order valence-electron chi connectivity index (χ4n) is 1.25. The molecule has 0 fully saturated rings. The Labute approximate surface area is 82.3 Å². The van der Waals surface area contributed by atoms with Gasteiger partial charge in [-0.25, -0.2) is 0 Å². The molecule has 0 aromatic carbocycles. The van der Waals surface area contributed by atoms with Crippen molar-refractivity contribution in [3.63, 3.8) is 0 Å². The summed E-state index contributed by atoms with van der Waals surface area (Å²) in [5.41, 5.74) is 0. The summed E-state index contributed by atoms with van der Waals surface area (Å²) in [6, 6.07) is 0. The summed E-state index contributed by atoms with van der Waals surface area (Å²) in [6.45, 7) is 5.74. The first kappa shape index (κ1) is 12.9. The number of rotatable bonds is 9. The zero-order valence-electron chi connectivity index (χ0n) is 9.01. The Bertz CT molecular complexity index is 94.1. The van der Waals surface area contributed by atoms with E-state index in [0.29, 0.717) is 6.61 Å². The predicted octanol–water partition coefficient (Wildman–Crippen LogP) is 2.56. The van der Waals surface area contributed by atoms with E-state index in [9.17, 15) is 0 Å². The molecule has 79 valence electrons. The maximum atomic E-state index is 8.99. The molecule has 0 saturated heterocycles.